The maximum Gasteiger partial charge on any atom is 0.189 e. The Hall–Kier alpha value is -1.44. The van der Waals surface area contributed by atoms with Crippen molar-refractivity contribution >= 4 is 41.2 Å². The molecule has 3 rings (SSSR count). The summed E-state index contributed by atoms with van der Waals surface area (Å²) in [6.07, 6.45) is 6.34. The molecule has 0 bridgehead atoms. The quantitative estimate of drug-likeness (QED) is 0.328. The number of carbonyl (C=O) groups is 2. The monoisotopic (exact) mass is 440 g/mol. The Bertz CT molecular complexity index is 839. The van der Waals surface area contributed by atoms with E-state index in [0.717, 1.165) is 11.1 Å². The molecule has 0 heterocycles. The fourth-order valence-corrected chi connectivity index (χ4v) is 8.45. The van der Waals surface area contributed by atoms with Crippen LogP contribution in [0.2, 0.25) is 0 Å². The van der Waals surface area contributed by atoms with E-state index in [1.54, 1.807) is 0 Å². The number of thioether (sulfide) groups is 1. The molecule has 0 radical (unpaired) electrons. The first kappa shape index (κ1) is 23.2. The van der Waals surface area contributed by atoms with Gasteiger partial charge in [-0.15, -0.1) is 0 Å². The Kier molecular flexibility index (Phi) is 8.31. The van der Waals surface area contributed by atoms with Gasteiger partial charge >= 0.3 is 0 Å². The van der Waals surface area contributed by atoms with Crippen molar-refractivity contribution in [1.82, 2.24) is 0 Å². The van der Waals surface area contributed by atoms with Gasteiger partial charge in [-0.3, -0.25) is 9.59 Å². The van der Waals surface area contributed by atoms with E-state index in [4.69, 9.17) is 0 Å². The first-order valence-electron chi connectivity index (χ1n) is 11.0. The molecule has 1 unspecified atom stereocenters. The highest BCUT2D eigenvalue weighted by atomic mass is 32.2. The Balaban J connectivity index is 1.70. The summed E-state index contributed by atoms with van der Waals surface area (Å²) < 4.78 is 0. The number of Topliss-reactive ketones (excluding diaryl/α,β-unsaturated/α-hetero) is 1. The van der Waals surface area contributed by atoms with Gasteiger partial charge in [0.15, 0.2) is 10.9 Å². The highest BCUT2D eigenvalue weighted by molar-refractivity contribution is 8.18. The van der Waals surface area contributed by atoms with Crippen molar-refractivity contribution in [3.8, 4) is 0 Å². The highest BCUT2D eigenvalue weighted by Crippen LogP contribution is 2.44. The van der Waals surface area contributed by atoms with E-state index in [9.17, 15) is 9.59 Å². The van der Waals surface area contributed by atoms with Gasteiger partial charge in [0.25, 0.3) is 0 Å². The first-order valence-corrected chi connectivity index (χ1v) is 13.5. The molecule has 1 aliphatic rings. The SMILES string of the molecule is CCC(=O)c1ccc(P(CSC(=O)CC(C)(C)C2CCCC2)c2ccccc2)cc1. The van der Waals surface area contributed by atoms with Crippen LogP contribution in [0.25, 0.3) is 0 Å². The van der Waals surface area contributed by atoms with Crippen LogP contribution in [0.5, 0.6) is 0 Å². The molecule has 2 nitrogen and oxygen atoms in total. The van der Waals surface area contributed by atoms with E-state index in [2.05, 4.69) is 50.2 Å². The summed E-state index contributed by atoms with van der Waals surface area (Å²) in [4.78, 5) is 24.9. The third kappa shape index (κ3) is 6.05. The molecule has 1 atom stereocenters. The average Bonchev–Trinajstić information content (AvgIpc) is 3.30. The minimum Gasteiger partial charge on any atom is -0.294 e. The Morgan fingerprint density at radius 3 is 2.17 bits per heavy atom. The molecule has 160 valence electrons. The van der Waals surface area contributed by atoms with Crippen LogP contribution in [0.1, 0.15) is 69.7 Å². The fourth-order valence-electron chi connectivity index (χ4n) is 4.35. The second-order valence-electron chi connectivity index (χ2n) is 8.88. The van der Waals surface area contributed by atoms with Crippen LogP contribution in [-0.4, -0.2) is 16.4 Å². The van der Waals surface area contributed by atoms with Crippen LogP contribution in [0.3, 0.4) is 0 Å². The molecule has 30 heavy (non-hydrogen) atoms. The molecule has 2 aromatic rings. The van der Waals surface area contributed by atoms with Crippen LogP contribution in [0.15, 0.2) is 54.6 Å². The number of ketones is 1. The predicted octanol–water partition coefficient (Wildman–Crippen LogP) is 6.54. The Morgan fingerprint density at radius 1 is 0.967 bits per heavy atom. The molecule has 0 aromatic heterocycles. The number of benzene rings is 2. The minimum atomic E-state index is -0.640. The molecule has 0 aliphatic heterocycles. The topological polar surface area (TPSA) is 34.1 Å². The van der Waals surface area contributed by atoms with Crippen LogP contribution in [0.4, 0.5) is 0 Å². The molecule has 1 fully saturated rings. The summed E-state index contributed by atoms with van der Waals surface area (Å²) in [5.41, 5.74) is 1.66. The van der Waals surface area contributed by atoms with Crippen molar-refractivity contribution < 1.29 is 9.59 Å². The van der Waals surface area contributed by atoms with Gasteiger partial charge in [0.05, 0.1) is 0 Å². The van der Waals surface area contributed by atoms with Gasteiger partial charge in [0.2, 0.25) is 0 Å². The standard InChI is InChI=1S/C26H33O2PS/c1-4-24(27)20-14-16-23(17-15-20)29(22-12-6-5-7-13-22)19-30-25(28)18-26(2,3)21-10-8-9-11-21/h5-7,12-17,21H,4,8-11,18-19H2,1-3H3. The maximum absolute atomic E-state index is 12.9. The maximum atomic E-state index is 12.9. The van der Waals surface area contributed by atoms with E-state index < -0.39 is 7.92 Å². The summed E-state index contributed by atoms with van der Waals surface area (Å²) in [5.74, 6) is 0.852. The predicted molar refractivity (Wildman–Crippen MR) is 132 cm³/mol. The van der Waals surface area contributed by atoms with Crippen LogP contribution < -0.4 is 10.6 Å². The lowest BCUT2D eigenvalue weighted by Gasteiger charge is -2.31. The van der Waals surface area contributed by atoms with Crippen molar-refractivity contribution in [2.24, 2.45) is 11.3 Å². The molecular weight excluding hydrogens is 407 g/mol. The Morgan fingerprint density at radius 2 is 1.57 bits per heavy atom. The van der Waals surface area contributed by atoms with Crippen LogP contribution in [0, 0.1) is 11.3 Å². The normalized spacial score (nSPS) is 15.8. The van der Waals surface area contributed by atoms with Gasteiger partial charge in [0.1, 0.15) is 0 Å². The average molecular weight is 441 g/mol. The van der Waals surface area contributed by atoms with Crippen molar-refractivity contribution in [2.75, 3.05) is 5.49 Å². The summed E-state index contributed by atoms with van der Waals surface area (Å²) in [5, 5.41) is 2.81. The number of rotatable bonds is 9. The molecule has 0 saturated heterocycles. The summed E-state index contributed by atoms with van der Waals surface area (Å²) in [7, 11) is -0.640. The lowest BCUT2D eigenvalue weighted by atomic mass is 9.76. The Labute approximate surface area is 187 Å². The molecular formula is C26H33O2PS. The van der Waals surface area contributed by atoms with Gasteiger partial charge in [-0.25, -0.2) is 0 Å². The van der Waals surface area contributed by atoms with E-state index in [1.807, 2.05) is 25.1 Å². The van der Waals surface area contributed by atoms with Crippen molar-refractivity contribution in [3.05, 3.63) is 60.2 Å². The third-order valence-corrected chi connectivity index (χ3v) is 10.2. The molecule has 0 spiro atoms. The summed E-state index contributed by atoms with van der Waals surface area (Å²) in [6.45, 7) is 6.43. The highest BCUT2D eigenvalue weighted by Gasteiger charge is 2.33. The van der Waals surface area contributed by atoms with E-state index >= 15 is 0 Å². The lowest BCUT2D eigenvalue weighted by Crippen LogP contribution is -2.24. The second kappa shape index (κ2) is 10.7. The molecule has 1 saturated carbocycles. The van der Waals surface area contributed by atoms with Gasteiger partial charge in [-0.05, 0) is 42.7 Å². The first-order chi connectivity index (χ1) is 14.4. The van der Waals surface area contributed by atoms with E-state index in [0.29, 0.717) is 23.9 Å². The number of hydrogen-bond acceptors (Lipinski definition) is 3. The zero-order valence-electron chi connectivity index (χ0n) is 18.4. The zero-order chi connectivity index (χ0) is 21.6. The van der Waals surface area contributed by atoms with E-state index in [-0.39, 0.29) is 11.2 Å². The van der Waals surface area contributed by atoms with Gasteiger partial charge in [-0.2, -0.15) is 0 Å². The molecule has 4 heteroatoms. The van der Waals surface area contributed by atoms with Crippen molar-refractivity contribution in [3.63, 3.8) is 0 Å². The van der Waals surface area contributed by atoms with Crippen LogP contribution >= 0.6 is 19.7 Å². The number of hydrogen-bond donors (Lipinski definition) is 0. The summed E-state index contributed by atoms with van der Waals surface area (Å²) in [6, 6.07) is 18.5. The number of carbonyl (C=O) groups excluding carboxylic acids is 2. The molecule has 1 aliphatic carbocycles. The van der Waals surface area contributed by atoms with Crippen molar-refractivity contribution in [1.29, 1.82) is 0 Å². The fraction of sp³-hybridized carbons (Fsp3) is 0.462. The van der Waals surface area contributed by atoms with Crippen molar-refractivity contribution in [2.45, 2.75) is 59.3 Å². The molecule has 0 N–H and O–H groups in total. The smallest absolute Gasteiger partial charge is 0.189 e. The molecule has 2 aromatic carbocycles. The van der Waals surface area contributed by atoms with Gasteiger partial charge in [-0.1, -0.05) is 100.0 Å². The second-order valence-corrected chi connectivity index (χ2v) is 12.5. The largest absolute Gasteiger partial charge is 0.294 e. The van der Waals surface area contributed by atoms with Crippen LogP contribution in [-0.2, 0) is 4.79 Å². The zero-order valence-corrected chi connectivity index (χ0v) is 20.1. The van der Waals surface area contributed by atoms with E-state index in [1.165, 1.54) is 48.1 Å². The minimum absolute atomic E-state index is 0.0955. The third-order valence-electron chi connectivity index (χ3n) is 6.30. The molecule has 0 amide bonds. The van der Waals surface area contributed by atoms with Gasteiger partial charge in [0, 0.05) is 23.9 Å². The summed E-state index contributed by atoms with van der Waals surface area (Å²) >= 11 is 1.50. The van der Waals surface area contributed by atoms with Gasteiger partial charge < -0.3 is 0 Å². The lowest BCUT2D eigenvalue weighted by molar-refractivity contribution is -0.113.